The fraction of sp³-hybridized carbons (Fsp3) is 0.417. The molecule has 0 spiro atoms. The van der Waals surface area contributed by atoms with Crippen LogP contribution in [0.15, 0.2) is 12.3 Å². The predicted octanol–water partition coefficient (Wildman–Crippen LogP) is 0.942. The third-order valence-corrected chi connectivity index (χ3v) is 2.78. The Morgan fingerprint density at radius 3 is 2.95 bits per heavy atom. The van der Waals surface area contributed by atoms with E-state index in [4.69, 9.17) is 5.26 Å². The van der Waals surface area contributed by atoms with Gasteiger partial charge in [-0.3, -0.25) is 14.9 Å². The molecule has 8 nitrogen and oxygen atoms in total. The second kappa shape index (κ2) is 5.97. The Labute approximate surface area is 115 Å². The molecule has 0 saturated heterocycles. The van der Waals surface area contributed by atoms with Gasteiger partial charge in [-0.2, -0.15) is 5.26 Å². The van der Waals surface area contributed by atoms with Crippen LogP contribution in [0.3, 0.4) is 0 Å². The Bertz CT molecular complexity index is 577. The molecule has 1 saturated carbocycles. The summed E-state index contributed by atoms with van der Waals surface area (Å²) in [5.74, 6) is -0.0236. The van der Waals surface area contributed by atoms with Crippen LogP contribution >= 0.6 is 0 Å². The molecule has 1 aromatic rings. The number of nitrogens with zero attached hydrogens (tertiary/aromatic N) is 3. The molecule has 2 N–H and O–H groups in total. The van der Waals surface area contributed by atoms with Crippen molar-refractivity contribution in [2.24, 2.45) is 0 Å². The van der Waals surface area contributed by atoms with Gasteiger partial charge in [-0.05, 0) is 12.8 Å². The normalized spacial score (nSPS) is 13.3. The Kier molecular flexibility index (Phi) is 4.10. The van der Waals surface area contributed by atoms with Crippen LogP contribution in [0.5, 0.6) is 0 Å². The Morgan fingerprint density at radius 2 is 2.35 bits per heavy atom. The zero-order valence-corrected chi connectivity index (χ0v) is 10.6. The van der Waals surface area contributed by atoms with Crippen molar-refractivity contribution in [2.45, 2.75) is 25.3 Å². The highest BCUT2D eigenvalue weighted by Gasteiger charge is 2.23. The van der Waals surface area contributed by atoms with Crippen LogP contribution in [0, 0.1) is 21.4 Å². The number of anilines is 1. The standard InChI is InChI=1S/C12H13N5O3/c13-6-8-5-10(17(19)20)12(15-7-8)14-4-3-11(18)16-9-1-2-9/h5,7,9H,1-4H2,(H,14,15)(H,16,18). The topological polar surface area (TPSA) is 121 Å². The quantitative estimate of drug-likeness (QED) is 0.588. The maximum absolute atomic E-state index is 11.5. The first-order valence-corrected chi connectivity index (χ1v) is 6.18. The van der Waals surface area contributed by atoms with E-state index in [-0.39, 0.29) is 35.9 Å². The van der Waals surface area contributed by atoms with Crippen molar-refractivity contribution in [2.75, 3.05) is 11.9 Å². The second-order valence-corrected chi connectivity index (χ2v) is 4.48. The molecule has 20 heavy (non-hydrogen) atoms. The number of aromatic nitrogens is 1. The number of nitrogens with one attached hydrogen (secondary N) is 2. The minimum Gasteiger partial charge on any atom is -0.364 e. The van der Waals surface area contributed by atoms with Gasteiger partial charge in [0.25, 0.3) is 0 Å². The van der Waals surface area contributed by atoms with E-state index in [2.05, 4.69) is 15.6 Å². The van der Waals surface area contributed by atoms with Crippen LogP contribution in [0.2, 0.25) is 0 Å². The van der Waals surface area contributed by atoms with E-state index in [0.29, 0.717) is 6.04 Å². The number of hydrogen-bond donors (Lipinski definition) is 2. The molecular formula is C12H13N5O3. The molecule has 104 valence electrons. The Morgan fingerprint density at radius 1 is 1.60 bits per heavy atom. The third kappa shape index (κ3) is 3.65. The molecule has 8 heteroatoms. The zero-order valence-electron chi connectivity index (χ0n) is 10.6. The van der Waals surface area contributed by atoms with E-state index in [1.54, 1.807) is 6.07 Å². The smallest absolute Gasteiger partial charge is 0.312 e. The molecule has 2 rings (SSSR count). The van der Waals surface area contributed by atoms with Gasteiger partial charge in [0.15, 0.2) is 0 Å². The van der Waals surface area contributed by atoms with Gasteiger partial charge in [0.05, 0.1) is 10.5 Å². The number of hydrogen-bond acceptors (Lipinski definition) is 6. The van der Waals surface area contributed by atoms with Crippen molar-refractivity contribution in [3.8, 4) is 6.07 Å². The SMILES string of the molecule is N#Cc1cnc(NCCC(=O)NC2CC2)c([N+](=O)[O-])c1. The molecule has 1 amide bonds. The first-order chi connectivity index (χ1) is 9.60. The average Bonchev–Trinajstić information content (AvgIpc) is 3.22. The van der Waals surface area contributed by atoms with Crippen LogP contribution in [0.4, 0.5) is 11.5 Å². The fourth-order valence-corrected chi connectivity index (χ4v) is 1.61. The molecular weight excluding hydrogens is 262 g/mol. The highest BCUT2D eigenvalue weighted by atomic mass is 16.6. The lowest BCUT2D eigenvalue weighted by atomic mass is 10.2. The first-order valence-electron chi connectivity index (χ1n) is 6.18. The van der Waals surface area contributed by atoms with Crippen molar-refractivity contribution in [1.82, 2.24) is 10.3 Å². The molecule has 0 aromatic carbocycles. The minimum absolute atomic E-state index is 0.0632. The molecule has 0 atom stereocenters. The van der Waals surface area contributed by atoms with Crippen LogP contribution < -0.4 is 10.6 Å². The second-order valence-electron chi connectivity index (χ2n) is 4.48. The number of amides is 1. The number of carbonyl (C=O) groups is 1. The lowest BCUT2D eigenvalue weighted by Crippen LogP contribution is -2.27. The number of rotatable bonds is 6. The number of pyridine rings is 1. The number of nitriles is 1. The summed E-state index contributed by atoms with van der Waals surface area (Å²) in [6.07, 6.45) is 3.50. The first kappa shape index (κ1) is 13.7. The average molecular weight is 275 g/mol. The highest BCUT2D eigenvalue weighted by Crippen LogP contribution is 2.22. The molecule has 0 aliphatic heterocycles. The van der Waals surface area contributed by atoms with E-state index < -0.39 is 4.92 Å². The van der Waals surface area contributed by atoms with Gasteiger partial charge >= 0.3 is 5.69 Å². The van der Waals surface area contributed by atoms with Crippen LogP contribution in [0.25, 0.3) is 0 Å². The summed E-state index contributed by atoms with van der Waals surface area (Å²) in [7, 11) is 0. The van der Waals surface area contributed by atoms with Crippen molar-refractivity contribution in [3.63, 3.8) is 0 Å². The monoisotopic (exact) mass is 275 g/mol. The van der Waals surface area contributed by atoms with E-state index >= 15 is 0 Å². The highest BCUT2D eigenvalue weighted by molar-refractivity contribution is 5.77. The van der Waals surface area contributed by atoms with Crippen LogP contribution in [-0.2, 0) is 4.79 Å². The minimum atomic E-state index is -0.611. The van der Waals surface area contributed by atoms with E-state index in [1.807, 2.05) is 0 Å². The van der Waals surface area contributed by atoms with Gasteiger partial charge in [-0.15, -0.1) is 0 Å². The Hall–Kier alpha value is -2.69. The van der Waals surface area contributed by atoms with Gasteiger partial charge < -0.3 is 10.6 Å². The summed E-state index contributed by atoms with van der Waals surface area (Å²) in [5, 5.41) is 25.1. The van der Waals surface area contributed by atoms with Gasteiger partial charge in [0, 0.05) is 31.3 Å². The van der Waals surface area contributed by atoms with E-state index in [9.17, 15) is 14.9 Å². The van der Waals surface area contributed by atoms with E-state index in [0.717, 1.165) is 18.9 Å². The molecule has 1 heterocycles. The van der Waals surface area contributed by atoms with Crippen molar-refractivity contribution in [1.29, 1.82) is 5.26 Å². The van der Waals surface area contributed by atoms with Crippen molar-refractivity contribution >= 4 is 17.4 Å². The summed E-state index contributed by atoms with van der Waals surface area (Å²) in [4.78, 5) is 25.6. The molecule has 0 unspecified atom stereocenters. The number of nitro groups is 1. The zero-order chi connectivity index (χ0) is 14.5. The number of carbonyl (C=O) groups excluding carboxylic acids is 1. The Balaban J connectivity index is 1.92. The molecule has 0 radical (unpaired) electrons. The summed E-state index contributed by atoms with van der Waals surface area (Å²) < 4.78 is 0. The molecule has 1 aliphatic rings. The van der Waals surface area contributed by atoms with Crippen LogP contribution in [-0.4, -0.2) is 28.4 Å². The maximum atomic E-state index is 11.5. The molecule has 1 aromatic heterocycles. The lowest BCUT2D eigenvalue weighted by Gasteiger charge is -2.06. The summed E-state index contributed by atoms with van der Waals surface area (Å²) >= 11 is 0. The predicted molar refractivity (Wildman–Crippen MR) is 69.9 cm³/mol. The lowest BCUT2D eigenvalue weighted by molar-refractivity contribution is -0.384. The van der Waals surface area contributed by atoms with Gasteiger partial charge in [-0.25, -0.2) is 4.98 Å². The van der Waals surface area contributed by atoms with Gasteiger partial charge in [0.1, 0.15) is 6.07 Å². The van der Waals surface area contributed by atoms with Crippen LogP contribution in [0.1, 0.15) is 24.8 Å². The van der Waals surface area contributed by atoms with Crippen molar-refractivity contribution in [3.05, 3.63) is 27.9 Å². The largest absolute Gasteiger partial charge is 0.364 e. The third-order valence-electron chi connectivity index (χ3n) is 2.78. The van der Waals surface area contributed by atoms with Gasteiger partial charge in [-0.1, -0.05) is 0 Å². The van der Waals surface area contributed by atoms with E-state index in [1.165, 1.54) is 6.20 Å². The fourth-order valence-electron chi connectivity index (χ4n) is 1.61. The molecule has 1 aliphatic carbocycles. The van der Waals surface area contributed by atoms with Crippen molar-refractivity contribution < 1.29 is 9.72 Å². The summed E-state index contributed by atoms with van der Waals surface area (Å²) in [6.45, 7) is 0.248. The summed E-state index contributed by atoms with van der Waals surface area (Å²) in [6, 6.07) is 3.24. The maximum Gasteiger partial charge on any atom is 0.312 e. The molecule has 0 bridgehead atoms. The summed E-state index contributed by atoms with van der Waals surface area (Å²) in [5.41, 5.74) is -0.152. The van der Waals surface area contributed by atoms with Gasteiger partial charge in [0.2, 0.25) is 11.7 Å². The molecule has 1 fully saturated rings.